The van der Waals surface area contributed by atoms with Gasteiger partial charge in [0.25, 0.3) is 0 Å². The molecule has 0 bridgehead atoms. The first-order valence-corrected chi connectivity index (χ1v) is 15.5. The lowest BCUT2D eigenvalue weighted by atomic mass is 9.94. The standard InChI is InChI=1S/C33H36F3N5O3/c1-3-22-25(35)8-7-19-12-21(42)13-23(27(19)22)29-28(36)30-24(15-37-29)31(41-11-4-6-26(43)18(41)2)39-32(38-30)44-17-33-9-5-10-40(33)16-20(34)14-33/h7-8,12-13,15,18,20,26,42-43H,3-6,9-11,14,16-17H2,1-2H3/t18-,20-,26-,33?/m1/s1. The van der Waals surface area contributed by atoms with Gasteiger partial charge in [-0.15, -0.1) is 0 Å². The number of fused-ring (bicyclic) bond motifs is 3. The van der Waals surface area contributed by atoms with E-state index in [1.165, 1.54) is 24.4 Å². The highest BCUT2D eigenvalue weighted by Crippen LogP contribution is 2.42. The molecule has 11 heteroatoms. The quantitative estimate of drug-likeness (QED) is 0.289. The van der Waals surface area contributed by atoms with Gasteiger partial charge in [0.15, 0.2) is 5.82 Å². The molecule has 3 saturated heterocycles. The zero-order valence-electron chi connectivity index (χ0n) is 24.9. The van der Waals surface area contributed by atoms with Crippen molar-refractivity contribution < 1.29 is 28.1 Å². The summed E-state index contributed by atoms with van der Waals surface area (Å²) in [5.74, 6) is -0.890. The number of alkyl halides is 1. The van der Waals surface area contributed by atoms with Gasteiger partial charge < -0.3 is 19.8 Å². The number of rotatable bonds is 6. The number of aromatic hydroxyl groups is 1. The van der Waals surface area contributed by atoms with Crippen molar-refractivity contribution in [2.45, 2.75) is 76.2 Å². The van der Waals surface area contributed by atoms with Crippen LogP contribution in [0, 0.1) is 11.6 Å². The van der Waals surface area contributed by atoms with Crippen molar-refractivity contribution in [1.82, 2.24) is 19.9 Å². The molecular weight excluding hydrogens is 571 g/mol. The molecule has 4 atom stereocenters. The maximum absolute atomic E-state index is 16.7. The number of anilines is 1. The van der Waals surface area contributed by atoms with Gasteiger partial charge in [0, 0.05) is 31.3 Å². The second-order valence-electron chi connectivity index (χ2n) is 12.5. The van der Waals surface area contributed by atoms with Crippen LogP contribution in [0.2, 0.25) is 0 Å². The summed E-state index contributed by atoms with van der Waals surface area (Å²) in [6.45, 7) is 5.65. The van der Waals surface area contributed by atoms with E-state index < -0.39 is 29.4 Å². The monoisotopic (exact) mass is 607 g/mol. The fraction of sp³-hybridized carbons (Fsp3) is 0.485. The van der Waals surface area contributed by atoms with Crippen LogP contribution in [0.25, 0.3) is 32.9 Å². The summed E-state index contributed by atoms with van der Waals surface area (Å²) in [5.41, 5.74) is 0.0719. The summed E-state index contributed by atoms with van der Waals surface area (Å²) in [5, 5.41) is 22.6. The second-order valence-corrected chi connectivity index (χ2v) is 12.5. The van der Waals surface area contributed by atoms with Gasteiger partial charge in [-0.1, -0.05) is 13.0 Å². The molecule has 7 rings (SSSR count). The Kier molecular flexibility index (Phi) is 7.28. The van der Waals surface area contributed by atoms with Crippen molar-refractivity contribution in [3.05, 3.63) is 47.7 Å². The summed E-state index contributed by atoms with van der Waals surface area (Å²) in [6, 6.07) is 5.46. The number of aromatic nitrogens is 3. The lowest BCUT2D eigenvalue weighted by molar-refractivity contribution is 0.107. The van der Waals surface area contributed by atoms with Crippen LogP contribution in [0.4, 0.5) is 19.0 Å². The smallest absolute Gasteiger partial charge is 0.319 e. The maximum Gasteiger partial charge on any atom is 0.319 e. The minimum absolute atomic E-state index is 0.0382. The van der Waals surface area contributed by atoms with E-state index in [9.17, 15) is 19.0 Å². The second kappa shape index (κ2) is 11.0. The number of hydrogen-bond donors (Lipinski definition) is 2. The highest BCUT2D eigenvalue weighted by atomic mass is 19.1. The minimum Gasteiger partial charge on any atom is -0.508 e. The predicted molar refractivity (Wildman–Crippen MR) is 162 cm³/mol. The Morgan fingerprint density at radius 1 is 1.14 bits per heavy atom. The third kappa shape index (κ3) is 4.72. The highest BCUT2D eigenvalue weighted by Gasteiger charge is 2.49. The van der Waals surface area contributed by atoms with Crippen molar-refractivity contribution >= 4 is 27.5 Å². The van der Waals surface area contributed by atoms with Gasteiger partial charge in [-0.3, -0.25) is 9.88 Å². The average Bonchev–Trinajstić information content (AvgIpc) is 3.53. The number of nitrogens with zero attached hydrogens (tertiary/aromatic N) is 5. The normalized spacial score (nSPS) is 25.7. The largest absolute Gasteiger partial charge is 0.508 e. The first-order valence-electron chi connectivity index (χ1n) is 15.5. The van der Waals surface area contributed by atoms with Crippen molar-refractivity contribution in [2.75, 3.05) is 31.1 Å². The number of aliphatic hydroxyl groups is 1. The Morgan fingerprint density at radius 3 is 2.80 bits per heavy atom. The average molecular weight is 608 g/mol. The van der Waals surface area contributed by atoms with Gasteiger partial charge in [0.05, 0.1) is 23.1 Å². The molecule has 0 saturated carbocycles. The number of benzene rings is 2. The molecule has 8 nitrogen and oxygen atoms in total. The topological polar surface area (TPSA) is 94.8 Å². The predicted octanol–water partition coefficient (Wildman–Crippen LogP) is 5.70. The molecule has 0 aliphatic carbocycles. The van der Waals surface area contributed by atoms with Crippen LogP contribution in [-0.2, 0) is 6.42 Å². The third-order valence-electron chi connectivity index (χ3n) is 9.86. The van der Waals surface area contributed by atoms with Crippen molar-refractivity contribution in [3.8, 4) is 23.0 Å². The van der Waals surface area contributed by atoms with E-state index in [-0.39, 0.29) is 41.2 Å². The summed E-state index contributed by atoms with van der Waals surface area (Å²) in [7, 11) is 0. The van der Waals surface area contributed by atoms with Crippen LogP contribution in [0.3, 0.4) is 0 Å². The van der Waals surface area contributed by atoms with Gasteiger partial charge in [0.2, 0.25) is 0 Å². The molecule has 1 unspecified atom stereocenters. The SMILES string of the molecule is CCc1c(F)ccc2cc(O)cc(-c3ncc4c(N5CCC[C@@H](O)[C@H]5C)nc(OCC56CCCN5C[C@H](F)C6)nc4c3F)c12. The molecule has 0 radical (unpaired) electrons. The molecule has 2 aromatic heterocycles. The summed E-state index contributed by atoms with van der Waals surface area (Å²) in [4.78, 5) is 17.8. The molecule has 0 spiro atoms. The van der Waals surface area contributed by atoms with Crippen LogP contribution >= 0.6 is 0 Å². The van der Waals surface area contributed by atoms with Crippen LogP contribution in [-0.4, -0.2) is 80.2 Å². The minimum atomic E-state index is -0.927. The van der Waals surface area contributed by atoms with Gasteiger partial charge in [-0.25, -0.2) is 13.2 Å². The van der Waals surface area contributed by atoms with Crippen molar-refractivity contribution in [2.24, 2.45) is 0 Å². The number of aryl methyl sites for hydroxylation is 1. The number of phenols is 1. The third-order valence-corrected chi connectivity index (χ3v) is 9.86. The van der Waals surface area contributed by atoms with Gasteiger partial charge in [-0.05, 0) is 80.1 Å². The molecule has 3 fully saturated rings. The number of pyridine rings is 1. The number of hydrogen-bond acceptors (Lipinski definition) is 8. The molecule has 0 amide bonds. The Labute approximate surface area is 253 Å². The zero-order chi connectivity index (χ0) is 30.7. The number of piperidine rings is 1. The fourth-order valence-corrected chi connectivity index (χ4v) is 7.59. The van der Waals surface area contributed by atoms with E-state index in [0.717, 1.165) is 25.8 Å². The molecule has 44 heavy (non-hydrogen) atoms. The number of halogens is 3. The summed E-state index contributed by atoms with van der Waals surface area (Å²) >= 11 is 0. The van der Waals surface area contributed by atoms with Gasteiger partial charge >= 0.3 is 6.01 Å². The van der Waals surface area contributed by atoms with E-state index >= 15 is 4.39 Å². The lowest BCUT2D eigenvalue weighted by Crippen LogP contribution is -2.47. The molecule has 232 valence electrons. The number of phenolic OH excluding ortho intramolecular Hbond substituents is 1. The van der Waals surface area contributed by atoms with E-state index in [1.807, 2.05) is 18.7 Å². The van der Waals surface area contributed by atoms with Crippen molar-refractivity contribution in [3.63, 3.8) is 0 Å². The Bertz CT molecular complexity index is 1760. The van der Waals surface area contributed by atoms with E-state index in [1.54, 1.807) is 6.07 Å². The van der Waals surface area contributed by atoms with Crippen LogP contribution in [0.1, 0.15) is 51.5 Å². The molecule has 4 aromatic rings. The Morgan fingerprint density at radius 2 is 1.98 bits per heavy atom. The maximum atomic E-state index is 16.7. The Balaban J connectivity index is 1.39. The van der Waals surface area contributed by atoms with Crippen LogP contribution in [0.5, 0.6) is 11.8 Å². The first-order chi connectivity index (χ1) is 21.2. The number of ether oxygens (including phenoxy) is 1. The lowest BCUT2D eigenvalue weighted by Gasteiger charge is -2.38. The first kappa shape index (κ1) is 29.0. The fourth-order valence-electron chi connectivity index (χ4n) is 7.59. The summed E-state index contributed by atoms with van der Waals surface area (Å²) < 4.78 is 52.3. The van der Waals surface area contributed by atoms with Gasteiger partial charge in [-0.2, -0.15) is 9.97 Å². The van der Waals surface area contributed by atoms with E-state index in [2.05, 4.69) is 14.9 Å². The highest BCUT2D eigenvalue weighted by molar-refractivity contribution is 6.01. The summed E-state index contributed by atoms with van der Waals surface area (Å²) in [6.07, 6.45) is 3.80. The van der Waals surface area contributed by atoms with Crippen LogP contribution < -0.4 is 9.64 Å². The van der Waals surface area contributed by atoms with Crippen LogP contribution in [0.15, 0.2) is 30.5 Å². The number of aliphatic hydroxyl groups excluding tert-OH is 1. The molecule has 3 aliphatic rings. The van der Waals surface area contributed by atoms with Crippen molar-refractivity contribution in [1.29, 1.82) is 0 Å². The molecular formula is C33H36F3N5O3. The molecule has 5 heterocycles. The van der Waals surface area contributed by atoms with E-state index in [0.29, 0.717) is 59.9 Å². The van der Waals surface area contributed by atoms with Gasteiger partial charge in [0.1, 0.15) is 41.4 Å². The van der Waals surface area contributed by atoms with E-state index in [4.69, 9.17) is 9.72 Å². The molecule has 2 N–H and O–H groups in total. The zero-order valence-corrected chi connectivity index (χ0v) is 24.9. The molecule has 3 aliphatic heterocycles. The molecule has 2 aromatic carbocycles. The Hall–Kier alpha value is -3.70.